The number of nitrogens with zero attached hydrogens (tertiary/aromatic N) is 1. The van der Waals surface area contributed by atoms with Gasteiger partial charge in [-0.3, -0.25) is 4.79 Å². The van der Waals surface area contributed by atoms with Gasteiger partial charge in [-0.05, 0) is 44.1 Å². The predicted octanol–water partition coefficient (Wildman–Crippen LogP) is 2.01. The number of carbonyl (C=O) groups excluding carboxylic acids is 1. The third-order valence-corrected chi connectivity index (χ3v) is 4.72. The van der Waals surface area contributed by atoms with Gasteiger partial charge in [0.05, 0.1) is 16.7 Å². The fourth-order valence-electron chi connectivity index (χ4n) is 2.92. The highest BCUT2D eigenvalue weighted by molar-refractivity contribution is 6.42. The molecule has 2 aliphatic heterocycles. The van der Waals surface area contributed by atoms with Crippen LogP contribution in [0.4, 0.5) is 5.69 Å². The van der Waals surface area contributed by atoms with Crippen molar-refractivity contribution in [3.05, 3.63) is 28.2 Å². The summed E-state index contributed by atoms with van der Waals surface area (Å²) in [4.78, 5) is 14.4. The Balaban J connectivity index is 1.98. The fourth-order valence-corrected chi connectivity index (χ4v) is 3.21. The number of carbonyl (C=O) groups is 1. The predicted molar refractivity (Wildman–Crippen MR) is 76.8 cm³/mol. The maximum Gasteiger partial charge on any atom is 0.247 e. The molecule has 2 heterocycles. The van der Waals surface area contributed by atoms with Gasteiger partial charge in [0.15, 0.2) is 0 Å². The van der Waals surface area contributed by atoms with Gasteiger partial charge in [-0.25, -0.2) is 0 Å². The minimum absolute atomic E-state index is 0.111. The molecule has 6 heteroatoms. The van der Waals surface area contributed by atoms with Gasteiger partial charge in [0.1, 0.15) is 5.54 Å². The SMILES string of the molecule is O=C1NCN(c2ccc(Cl)c(Cl)c2)C12CCNCC2. The molecule has 0 saturated carbocycles. The lowest BCUT2D eigenvalue weighted by molar-refractivity contribution is -0.124. The lowest BCUT2D eigenvalue weighted by Crippen LogP contribution is -2.55. The molecule has 3 rings (SSSR count). The monoisotopic (exact) mass is 299 g/mol. The highest BCUT2D eigenvalue weighted by Crippen LogP contribution is 2.36. The fraction of sp³-hybridized carbons (Fsp3) is 0.462. The van der Waals surface area contributed by atoms with Crippen LogP contribution in [0.5, 0.6) is 0 Å². The van der Waals surface area contributed by atoms with E-state index in [9.17, 15) is 4.79 Å². The van der Waals surface area contributed by atoms with Gasteiger partial charge in [0, 0.05) is 5.69 Å². The average molecular weight is 300 g/mol. The summed E-state index contributed by atoms with van der Waals surface area (Å²) in [5.74, 6) is 0.111. The van der Waals surface area contributed by atoms with E-state index in [4.69, 9.17) is 23.2 Å². The summed E-state index contributed by atoms with van der Waals surface area (Å²) in [6, 6.07) is 5.52. The van der Waals surface area contributed by atoms with E-state index < -0.39 is 5.54 Å². The third-order valence-electron chi connectivity index (χ3n) is 3.98. The smallest absolute Gasteiger partial charge is 0.247 e. The third kappa shape index (κ3) is 2.08. The molecule has 0 aromatic heterocycles. The highest BCUT2D eigenvalue weighted by atomic mass is 35.5. The molecule has 0 atom stereocenters. The van der Waals surface area contributed by atoms with Gasteiger partial charge in [-0.1, -0.05) is 23.2 Å². The first-order valence-electron chi connectivity index (χ1n) is 6.35. The lowest BCUT2D eigenvalue weighted by Gasteiger charge is -2.40. The van der Waals surface area contributed by atoms with E-state index in [0.717, 1.165) is 31.6 Å². The van der Waals surface area contributed by atoms with Crippen LogP contribution in [0.3, 0.4) is 0 Å². The summed E-state index contributed by atoms with van der Waals surface area (Å²) in [7, 11) is 0. The number of halogens is 2. The average Bonchev–Trinajstić information content (AvgIpc) is 2.72. The number of benzene rings is 1. The van der Waals surface area contributed by atoms with Crippen LogP contribution in [0, 0.1) is 0 Å². The second kappa shape index (κ2) is 4.85. The zero-order chi connectivity index (χ0) is 13.5. The van der Waals surface area contributed by atoms with E-state index >= 15 is 0 Å². The Morgan fingerprint density at radius 3 is 2.58 bits per heavy atom. The summed E-state index contributed by atoms with van der Waals surface area (Å²) in [6.45, 7) is 2.23. The summed E-state index contributed by atoms with van der Waals surface area (Å²) in [6.07, 6.45) is 1.61. The number of anilines is 1. The van der Waals surface area contributed by atoms with Crippen LogP contribution in [-0.4, -0.2) is 31.2 Å². The van der Waals surface area contributed by atoms with Crippen molar-refractivity contribution in [2.75, 3.05) is 24.7 Å². The first-order valence-corrected chi connectivity index (χ1v) is 7.11. The van der Waals surface area contributed by atoms with Gasteiger partial charge in [0.2, 0.25) is 5.91 Å². The number of hydrogen-bond acceptors (Lipinski definition) is 3. The second-order valence-electron chi connectivity index (χ2n) is 4.97. The summed E-state index contributed by atoms with van der Waals surface area (Å²) in [5, 5.41) is 7.29. The molecule has 2 fully saturated rings. The molecular weight excluding hydrogens is 285 g/mol. The zero-order valence-corrected chi connectivity index (χ0v) is 11.9. The molecule has 1 amide bonds. The van der Waals surface area contributed by atoms with Crippen molar-refractivity contribution < 1.29 is 4.79 Å². The molecule has 2 aliphatic rings. The van der Waals surface area contributed by atoms with Crippen molar-refractivity contribution in [2.45, 2.75) is 18.4 Å². The van der Waals surface area contributed by atoms with Gasteiger partial charge in [-0.2, -0.15) is 0 Å². The van der Waals surface area contributed by atoms with E-state index in [0.29, 0.717) is 16.7 Å². The van der Waals surface area contributed by atoms with Crippen molar-refractivity contribution in [3.8, 4) is 0 Å². The Hall–Kier alpha value is -0.970. The maximum atomic E-state index is 12.2. The lowest BCUT2D eigenvalue weighted by atomic mass is 9.86. The first-order chi connectivity index (χ1) is 9.13. The molecule has 1 spiro atoms. The molecule has 2 N–H and O–H groups in total. The number of hydrogen-bond donors (Lipinski definition) is 2. The summed E-state index contributed by atoms with van der Waals surface area (Å²) >= 11 is 12.0. The van der Waals surface area contributed by atoms with E-state index in [1.54, 1.807) is 6.07 Å². The summed E-state index contributed by atoms with van der Waals surface area (Å²) < 4.78 is 0. The van der Waals surface area contributed by atoms with Gasteiger partial charge in [-0.15, -0.1) is 0 Å². The van der Waals surface area contributed by atoms with E-state index in [1.165, 1.54) is 0 Å². The Morgan fingerprint density at radius 2 is 1.89 bits per heavy atom. The van der Waals surface area contributed by atoms with E-state index in [-0.39, 0.29) is 5.91 Å². The molecule has 0 bridgehead atoms. The normalized spacial score (nSPS) is 21.8. The quantitative estimate of drug-likeness (QED) is 0.834. The number of piperidine rings is 1. The van der Waals surface area contributed by atoms with Crippen LogP contribution in [0.2, 0.25) is 10.0 Å². The molecule has 1 aromatic rings. The molecule has 102 valence electrons. The van der Waals surface area contributed by atoms with Crippen molar-refractivity contribution in [1.82, 2.24) is 10.6 Å². The molecular formula is C13H15Cl2N3O. The number of rotatable bonds is 1. The Morgan fingerprint density at radius 1 is 1.16 bits per heavy atom. The van der Waals surface area contributed by atoms with Gasteiger partial charge >= 0.3 is 0 Å². The summed E-state index contributed by atoms with van der Waals surface area (Å²) in [5.41, 5.74) is 0.497. The van der Waals surface area contributed by atoms with Gasteiger partial charge < -0.3 is 15.5 Å². The molecule has 4 nitrogen and oxygen atoms in total. The van der Waals surface area contributed by atoms with Crippen LogP contribution in [-0.2, 0) is 4.79 Å². The van der Waals surface area contributed by atoms with Crippen molar-refractivity contribution in [1.29, 1.82) is 0 Å². The minimum Gasteiger partial charge on any atom is -0.339 e. The highest BCUT2D eigenvalue weighted by Gasteiger charge is 2.49. The van der Waals surface area contributed by atoms with Crippen molar-refractivity contribution in [2.24, 2.45) is 0 Å². The maximum absolute atomic E-state index is 12.2. The van der Waals surface area contributed by atoms with E-state index in [2.05, 4.69) is 15.5 Å². The van der Waals surface area contributed by atoms with Crippen LogP contribution >= 0.6 is 23.2 Å². The molecule has 1 aromatic carbocycles. The topological polar surface area (TPSA) is 44.4 Å². The van der Waals surface area contributed by atoms with Crippen LogP contribution in [0.15, 0.2) is 18.2 Å². The first kappa shape index (κ1) is 13.0. The Kier molecular flexibility index (Phi) is 3.33. The molecule has 0 radical (unpaired) electrons. The molecule has 19 heavy (non-hydrogen) atoms. The van der Waals surface area contributed by atoms with Crippen LogP contribution in [0.25, 0.3) is 0 Å². The molecule has 2 saturated heterocycles. The largest absolute Gasteiger partial charge is 0.339 e. The molecule has 0 aliphatic carbocycles. The standard InChI is InChI=1S/C13H15Cl2N3O/c14-10-2-1-9(7-11(10)15)18-8-17-12(19)13(18)3-5-16-6-4-13/h1-2,7,16H,3-6,8H2,(H,17,19). The van der Waals surface area contributed by atoms with Crippen LogP contribution < -0.4 is 15.5 Å². The minimum atomic E-state index is -0.442. The Bertz CT molecular complexity index is 515. The van der Waals surface area contributed by atoms with Gasteiger partial charge in [0.25, 0.3) is 0 Å². The van der Waals surface area contributed by atoms with E-state index in [1.807, 2.05) is 12.1 Å². The van der Waals surface area contributed by atoms with Crippen molar-refractivity contribution in [3.63, 3.8) is 0 Å². The second-order valence-corrected chi connectivity index (χ2v) is 5.79. The van der Waals surface area contributed by atoms with Crippen LogP contribution in [0.1, 0.15) is 12.8 Å². The Labute approximate surface area is 122 Å². The number of nitrogens with one attached hydrogen (secondary N) is 2. The number of amides is 1. The molecule has 0 unspecified atom stereocenters. The zero-order valence-electron chi connectivity index (χ0n) is 10.4. The van der Waals surface area contributed by atoms with Crippen molar-refractivity contribution >= 4 is 34.8 Å².